The molecule has 0 unspecified atom stereocenters. The lowest BCUT2D eigenvalue weighted by Gasteiger charge is -2.34. The van der Waals surface area contributed by atoms with Crippen molar-refractivity contribution in [1.29, 1.82) is 0 Å². The fraction of sp³-hybridized carbons (Fsp3) is 0.278. The molecular weight excluding hydrogens is 702 g/mol. The number of aryl methyl sites for hydroxylation is 1. The zero-order chi connectivity index (χ0) is 34.1. The zero-order valence-electron chi connectivity index (χ0n) is 26.8. The average Bonchev–Trinajstić information content (AvgIpc) is 3.05. The van der Waals surface area contributed by atoms with E-state index in [0.29, 0.717) is 33.0 Å². The third-order valence-electron chi connectivity index (χ3n) is 7.51. The number of methoxy groups -OCH3 is 1. The van der Waals surface area contributed by atoms with Gasteiger partial charge in [0, 0.05) is 24.5 Å². The number of hydrogen-bond donors (Lipinski definition) is 1. The normalized spacial score (nSPS) is 12.0. The summed E-state index contributed by atoms with van der Waals surface area (Å²) in [5, 5.41) is 3.47. The predicted molar refractivity (Wildman–Crippen MR) is 190 cm³/mol. The molecule has 47 heavy (non-hydrogen) atoms. The monoisotopic (exact) mass is 739 g/mol. The number of hydrogen-bond acceptors (Lipinski definition) is 5. The summed E-state index contributed by atoms with van der Waals surface area (Å²) in [5.74, 6) is -0.241. The van der Waals surface area contributed by atoms with Crippen molar-refractivity contribution in [3.8, 4) is 5.75 Å². The van der Waals surface area contributed by atoms with E-state index in [9.17, 15) is 18.0 Å². The van der Waals surface area contributed by atoms with Gasteiger partial charge in [0.25, 0.3) is 10.0 Å². The minimum absolute atomic E-state index is 0.0296. The topological polar surface area (TPSA) is 96.0 Å². The highest BCUT2D eigenvalue weighted by atomic mass is 79.9. The van der Waals surface area contributed by atoms with E-state index in [2.05, 4.69) is 21.2 Å². The van der Waals surface area contributed by atoms with Crippen molar-refractivity contribution in [1.82, 2.24) is 10.2 Å². The molecule has 4 rings (SSSR count). The molecule has 1 N–H and O–H groups in total. The molecule has 8 nitrogen and oxygen atoms in total. The van der Waals surface area contributed by atoms with Crippen LogP contribution in [0.25, 0.3) is 0 Å². The van der Waals surface area contributed by atoms with Crippen molar-refractivity contribution in [3.63, 3.8) is 0 Å². The van der Waals surface area contributed by atoms with E-state index in [1.807, 2.05) is 57.2 Å². The summed E-state index contributed by atoms with van der Waals surface area (Å²) in [6, 6.07) is 26.9. The van der Waals surface area contributed by atoms with Gasteiger partial charge in [-0.25, -0.2) is 8.42 Å². The van der Waals surface area contributed by atoms with E-state index in [4.69, 9.17) is 16.3 Å². The fourth-order valence-corrected chi connectivity index (χ4v) is 7.33. The Hall–Kier alpha value is -3.86. The van der Waals surface area contributed by atoms with Gasteiger partial charge in [-0.3, -0.25) is 13.9 Å². The number of carbonyl (C=O) groups excluding carboxylic acids is 2. The van der Waals surface area contributed by atoms with E-state index in [1.165, 1.54) is 24.1 Å². The molecule has 2 amide bonds. The van der Waals surface area contributed by atoms with E-state index >= 15 is 0 Å². The highest BCUT2D eigenvalue weighted by molar-refractivity contribution is 9.10. The summed E-state index contributed by atoms with van der Waals surface area (Å²) in [6.07, 6.45) is 0.222. The number of nitrogens with one attached hydrogen (secondary N) is 1. The maximum atomic E-state index is 14.6. The molecule has 4 aromatic carbocycles. The molecule has 1 atom stereocenters. The SMILES string of the molecule is COc1ccc(S(=O)(=O)N(CC(=O)N(Cc2cccc(Cl)c2)[C@@H](Cc2ccccc2)C(=O)NCC(C)C)c2ccc(C)cc2)cc1Br. The van der Waals surface area contributed by atoms with Gasteiger partial charge in [0.2, 0.25) is 11.8 Å². The number of halogens is 2. The first kappa shape index (κ1) is 36.0. The molecule has 0 saturated heterocycles. The number of benzene rings is 4. The average molecular weight is 741 g/mol. The van der Waals surface area contributed by atoms with Crippen LogP contribution in [-0.2, 0) is 32.6 Å². The van der Waals surface area contributed by atoms with Crippen LogP contribution in [0.3, 0.4) is 0 Å². The van der Waals surface area contributed by atoms with Gasteiger partial charge in [-0.15, -0.1) is 0 Å². The lowest BCUT2D eigenvalue weighted by molar-refractivity contribution is -0.140. The van der Waals surface area contributed by atoms with Crippen molar-refractivity contribution in [2.24, 2.45) is 5.92 Å². The van der Waals surface area contributed by atoms with Gasteiger partial charge in [0.15, 0.2) is 0 Å². The van der Waals surface area contributed by atoms with Crippen molar-refractivity contribution in [2.45, 2.75) is 44.7 Å². The Morgan fingerprint density at radius 2 is 1.60 bits per heavy atom. The molecule has 4 aromatic rings. The van der Waals surface area contributed by atoms with Crippen LogP contribution >= 0.6 is 27.5 Å². The number of nitrogens with zero attached hydrogens (tertiary/aromatic N) is 2. The molecule has 11 heteroatoms. The van der Waals surface area contributed by atoms with Gasteiger partial charge in [-0.1, -0.05) is 85.6 Å². The summed E-state index contributed by atoms with van der Waals surface area (Å²) >= 11 is 9.70. The summed E-state index contributed by atoms with van der Waals surface area (Å²) < 4.78 is 35.4. The molecule has 0 bridgehead atoms. The van der Waals surface area contributed by atoms with Crippen LogP contribution in [-0.4, -0.2) is 51.4 Å². The Morgan fingerprint density at radius 1 is 0.915 bits per heavy atom. The van der Waals surface area contributed by atoms with Crippen LogP contribution < -0.4 is 14.4 Å². The number of ether oxygens (including phenoxy) is 1. The van der Waals surface area contributed by atoms with Crippen LogP contribution in [0.5, 0.6) is 5.75 Å². The molecule has 0 heterocycles. The van der Waals surface area contributed by atoms with Crippen LogP contribution in [0.2, 0.25) is 5.02 Å². The molecule has 0 aromatic heterocycles. The molecule has 248 valence electrons. The van der Waals surface area contributed by atoms with Crippen molar-refractivity contribution >= 4 is 55.1 Å². The maximum absolute atomic E-state index is 14.6. The lowest BCUT2D eigenvalue weighted by atomic mass is 10.0. The maximum Gasteiger partial charge on any atom is 0.264 e. The molecular formula is C36H39BrClN3O5S. The van der Waals surface area contributed by atoms with Crippen LogP contribution in [0.15, 0.2) is 106 Å². The first-order valence-electron chi connectivity index (χ1n) is 15.2. The largest absolute Gasteiger partial charge is 0.496 e. The van der Waals surface area contributed by atoms with Gasteiger partial charge in [-0.05, 0) is 82.4 Å². The van der Waals surface area contributed by atoms with E-state index in [-0.39, 0.29) is 29.7 Å². The Balaban J connectivity index is 1.81. The minimum Gasteiger partial charge on any atom is -0.496 e. The quantitative estimate of drug-likeness (QED) is 0.150. The number of rotatable bonds is 14. The molecule has 0 spiro atoms. The number of carbonyl (C=O) groups is 2. The van der Waals surface area contributed by atoms with Crippen molar-refractivity contribution < 1.29 is 22.7 Å². The summed E-state index contributed by atoms with van der Waals surface area (Å²) in [7, 11) is -2.78. The predicted octanol–water partition coefficient (Wildman–Crippen LogP) is 7.03. The van der Waals surface area contributed by atoms with Crippen LogP contribution in [0.1, 0.15) is 30.5 Å². The van der Waals surface area contributed by atoms with Crippen LogP contribution in [0.4, 0.5) is 5.69 Å². The van der Waals surface area contributed by atoms with Gasteiger partial charge in [-0.2, -0.15) is 0 Å². The highest BCUT2D eigenvalue weighted by Gasteiger charge is 2.35. The standard InChI is InChI=1S/C36H39BrClN3O5S/c1-25(2)22-39-36(43)33(20-27-9-6-5-7-10-27)40(23-28-11-8-12-29(38)19-28)35(42)24-41(30-15-13-26(3)14-16-30)47(44,45)31-17-18-34(46-4)32(37)21-31/h5-19,21,25,33H,20,22-24H2,1-4H3,(H,39,43)/t33-/m0/s1. The van der Waals surface area contributed by atoms with Crippen molar-refractivity contribution in [3.05, 3.63) is 123 Å². The third kappa shape index (κ3) is 9.59. The second-order valence-corrected chi connectivity index (χ2v) is 14.8. The first-order valence-corrected chi connectivity index (χ1v) is 17.8. The van der Waals surface area contributed by atoms with Gasteiger partial charge in [0.1, 0.15) is 18.3 Å². The first-order chi connectivity index (χ1) is 22.4. The Labute approximate surface area is 290 Å². The summed E-state index contributed by atoms with van der Waals surface area (Å²) in [5.41, 5.74) is 2.79. The zero-order valence-corrected chi connectivity index (χ0v) is 30.0. The molecule has 0 aliphatic heterocycles. The Bertz CT molecular complexity index is 1790. The van der Waals surface area contributed by atoms with E-state index in [1.54, 1.807) is 48.5 Å². The summed E-state index contributed by atoms with van der Waals surface area (Å²) in [4.78, 5) is 29.9. The Morgan fingerprint density at radius 3 is 2.21 bits per heavy atom. The number of amides is 2. The molecule has 0 fully saturated rings. The van der Waals surface area contributed by atoms with Gasteiger partial charge >= 0.3 is 0 Å². The number of sulfonamides is 1. The second-order valence-electron chi connectivity index (χ2n) is 11.6. The highest BCUT2D eigenvalue weighted by Crippen LogP contribution is 2.31. The van der Waals surface area contributed by atoms with Gasteiger partial charge < -0.3 is 15.0 Å². The van der Waals surface area contributed by atoms with Crippen molar-refractivity contribution in [2.75, 3.05) is 24.5 Å². The minimum atomic E-state index is -4.27. The fourth-order valence-electron chi connectivity index (χ4n) is 4.98. The second kappa shape index (κ2) is 16.3. The third-order valence-corrected chi connectivity index (χ3v) is 10.1. The number of anilines is 1. The molecule has 0 aliphatic carbocycles. The van der Waals surface area contributed by atoms with E-state index in [0.717, 1.165) is 15.4 Å². The lowest BCUT2D eigenvalue weighted by Crippen LogP contribution is -2.53. The molecule has 0 aliphatic rings. The van der Waals surface area contributed by atoms with E-state index < -0.39 is 28.5 Å². The molecule has 0 radical (unpaired) electrons. The Kier molecular flexibility index (Phi) is 12.5. The molecule has 0 saturated carbocycles. The summed E-state index contributed by atoms with van der Waals surface area (Å²) in [6.45, 7) is 5.76. The smallest absolute Gasteiger partial charge is 0.264 e. The van der Waals surface area contributed by atoms with Crippen LogP contribution in [0, 0.1) is 12.8 Å². The van der Waals surface area contributed by atoms with Gasteiger partial charge in [0.05, 0.1) is 22.2 Å².